The molecule has 11 heteroatoms. The van der Waals surface area contributed by atoms with Gasteiger partial charge in [-0.05, 0) is 118 Å². The minimum Gasteiger partial charge on any atom is -0.450 e. The second-order valence-electron chi connectivity index (χ2n) is 20.0. The minimum absolute atomic E-state index is 0.00141. The van der Waals surface area contributed by atoms with Crippen LogP contribution in [0.1, 0.15) is 112 Å². The largest absolute Gasteiger partial charge is 0.450 e. The van der Waals surface area contributed by atoms with Gasteiger partial charge in [-0.2, -0.15) is 0 Å². The molecule has 0 spiro atoms. The second kappa shape index (κ2) is 15.2. The molecule has 0 aromatic rings. The summed E-state index contributed by atoms with van der Waals surface area (Å²) in [5.74, 6) is -1.27. The molecule has 0 aromatic heterocycles. The normalized spacial score (nSPS) is 45.3. The number of unbranched alkanes of at least 4 members (excludes halogenated alkanes) is 1. The predicted molar refractivity (Wildman–Crippen MR) is 218 cm³/mol. The Labute approximate surface area is 347 Å². The van der Waals surface area contributed by atoms with E-state index in [9.17, 15) is 49.5 Å². The van der Waals surface area contributed by atoms with E-state index in [0.717, 1.165) is 49.7 Å². The van der Waals surface area contributed by atoms with Crippen molar-refractivity contribution in [2.24, 2.45) is 57.2 Å². The lowest BCUT2D eigenvalue weighted by Crippen LogP contribution is -2.63. The van der Waals surface area contributed by atoms with Gasteiger partial charge in [0.05, 0.1) is 12.2 Å². The Bertz CT molecular complexity index is 1940. The third-order valence-corrected chi connectivity index (χ3v) is 17.5. The molecule has 8 aliphatic carbocycles. The van der Waals surface area contributed by atoms with Crippen molar-refractivity contribution >= 4 is 29.1 Å². The summed E-state index contributed by atoms with van der Waals surface area (Å²) in [5, 5.41) is 53.3. The van der Waals surface area contributed by atoms with Crippen LogP contribution in [0, 0.1) is 57.2 Å². The molecule has 0 bridgehead atoms. The van der Waals surface area contributed by atoms with E-state index in [4.69, 9.17) is 4.74 Å². The van der Waals surface area contributed by atoms with Crippen LogP contribution in [0.2, 0.25) is 0 Å². The number of hydrogen-bond donors (Lipinski definition) is 5. The number of aliphatic hydroxyl groups excluding tert-OH is 4. The van der Waals surface area contributed by atoms with Gasteiger partial charge in [-0.25, -0.2) is 0 Å². The Morgan fingerprint density at radius 3 is 1.80 bits per heavy atom. The van der Waals surface area contributed by atoms with E-state index >= 15 is 0 Å². The number of carbonyl (C=O) groups is 5. The molecule has 0 saturated heterocycles. The van der Waals surface area contributed by atoms with Crippen LogP contribution in [0.5, 0.6) is 0 Å². The highest BCUT2D eigenvalue weighted by Gasteiger charge is 2.71. The smallest absolute Gasteiger partial charge is 0.306 e. The number of rotatable bonds is 8. The molecule has 8 aliphatic rings. The number of fused-ring (bicyclic) bond motifs is 10. The summed E-state index contributed by atoms with van der Waals surface area (Å²) in [6.45, 7) is 12.6. The quantitative estimate of drug-likeness (QED) is 0.163. The highest BCUT2D eigenvalue weighted by molar-refractivity contribution is 6.02. The molecule has 322 valence electrons. The van der Waals surface area contributed by atoms with E-state index in [1.807, 2.05) is 32.9 Å². The van der Waals surface area contributed by atoms with Gasteiger partial charge in [-0.3, -0.25) is 24.0 Å². The van der Waals surface area contributed by atoms with Gasteiger partial charge in [0, 0.05) is 39.9 Å². The van der Waals surface area contributed by atoms with E-state index in [0.29, 0.717) is 31.3 Å². The van der Waals surface area contributed by atoms with Crippen LogP contribution in [-0.4, -0.2) is 91.3 Å². The van der Waals surface area contributed by atoms with Crippen LogP contribution in [-0.2, 0) is 28.7 Å². The third-order valence-electron chi connectivity index (χ3n) is 17.5. The SMILES string of the molecule is C=C1C[C@H]2[C@@H]3CCC4=CC(=O)C=C[C@]4(C)[C@H]3[C@@H](O)C[C@]2(C)[C@@]1(O)C(=O)CO.CCCCC(=O)O[C@]1(C(=O)CO)CC[C@H]2[C@@H]3CCC4=CC(=O)C=C[C@]4(C)[C@H]3[C@@H](O)C[C@@]21C. The first-order valence-corrected chi connectivity index (χ1v) is 21.9. The summed E-state index contributed by atoms with van der Waals surface area (Å²) in [6, 6.07) is 0. The molecule has 6 saturated carbocycles. The van der Waals surface area contributed by atoms with Gasteiger partial charge in [0.15, 0.2) is 28.6 Å². The molecule has 0 aliphatic heterocycles. The van der Waals surface area contributed by atoms with Gasteiger partial charge in [-0.1, -0.05) is 70.9 Å². The number of esters is 1. The Morgan fingerprint density at radius 1 is 0.780 bits per heavy atom. The van der Waals surface area contributed by atoms with Gasteiger partial charge in [0.1, 0.15) is 13.2 Å². The number of Topliss-reactive ketones (excluding diaryl/α,β-unsaturated/α-hetero) is 2. The maximum absolute atomic E-state index is 13.1. The lowest BCUT2D eigenvalue weighted by atomic mass is 9.46. The molecule has 0 heterocycles. The summed E-state index contributed by atoms with van der Waals surface area (Å²) in [7, 11) is 0. The lowest BCUT2D eigenvalue weighted by molar-refractivity contribution is -0.200. The zero-order valence-corrected chi connectivity index (χ0v) is 35.4. The summed E-state index contributed by atoms with van der Waals surface area (Å²) < 4.78 is 5.97. The fraction of sp³-hybridized carbons (Fsp3) is 0.688. The molecular weight excluding hydrogens is 753 g/mol. The average Bonchev–Trinajstić information content (AvgIpc) is 3.59. The first-order chi connectivity index (χ1) is 27.7. The molecule has 59 heavy (non-hydrogen) atoms. The van der Waals surface area contributed by atoms with Crippen LogP contribution < -0.4 is 0 Å². The van der Waals surface area contributed by atoms with Crippen molar-refractivity contribution < 1.29 is 54.2 Å². The Morgan fingerprint density at radius 2 is 1.29 bits per heavy atom. The van der Waals surface area contributed by atoms with Crippen LogP contribution in [0.3, 0.4) is 0 Å². The Kier molecular flexibility index (Phi) is 11.3. The van der Waals surface area contributed by atoms with Crippen LogP contribution in [0.4, 0.5) is 0 Å². The van der Waals surface area contributed by atoms with E-state index in [1.165, 1.54) is 0 Å². The number of ether oxygens (including phenoxy) is 1. The first kappa shape index (κ1) is 43.7. The van der Waals surface area contributed by atoms with Crippen molar-refractivity contribution in [3.63, 3.8) is 0 Å². The third kappa shape index (κ3) is 6.25. The molecule has 0 aromatic carbocycles. The maximum Gasteiger partial charge on any atom is 0.306 e. The summed E-state index contributed by atoms with van der Waals surface area (Å²) in [5.41, 5.74) is -2.96. The van der Waals surface area contributed by atoms with Gasteiger partial charge < -0.3 is 30.3 Å². The highest BCUT2D eigenvalue weighted by atomic mass is 16.6. The molecule has 6 fully saturated rings. The Balaban J connectivity index is 0.000000181. The van der Waals surface area contributed by atoms with Crippen molar-refractivity contribution in [2.45, 2.75) is 135 Å². The van der Waals surface area contributed by atoms with Crippen LogP contribution >= 0.6 is 0 Å². The summed E-state index contributed by atoms with van der Waals surface area (Å²) in [4.78, 5) is 62.1. The second-order valence-corrected chi connectivity index (χ2v) is 20.0. The van der Waals surface area contributed by atoms with E-state index in [2.05, 4.69) is 20.4 Å². The molecule has 5 N–H and O–H groups in total. The molecule has 0 amide bonds. The number of allylic oxidation sites excluding steroid dienone is 8. The van der Waals surface area contributed by atoms with E-state index in [-0.39, 0.29) is 70.7 Å². The molecule has 0 radical (unpaired) electrons. The van der Waals surface area contributed by atoms with E-state index < -0.39 is 65.0 Å². The van der Waals surface area contributed by atoms with Gasteiger partial charge in [-0.15, -0.1) is 0 Å². The van der Waals surface area contributed by atoms with Crippen molar-refractivity contribution in [1.29, 1.82) is 0 Å². The Hall–Kier alpha value is -3.35. The molecule has 8 rings (SSSR count). The van der Waals surface area contributed by atoms with Crippen LogP contribution in [0.25, 0.3) is 0 Å². The van der Waals surface area contributed by atoms with Crippen molar-refractivity contribution in [3.8, 4) is 0 Å². The van der Waals surface area contributed by atoms with Gasteiger partial charge >= 0.3 is 5.97 Å². The first-order valence-electron chi connectivity index (χ1n) is 21.9. The number of aliphatic hydroxyl groups is 5. The van der Waals surface area contributed by atoms with Crippen LogP contribution in [0.15, 0.2) is 59.8 Å². The maximum atomic E-state index is 13.1. The van der Waals surface area contributed by atoms with Crippen molar-refractivity contribution in [1.82, 2.24) is 0 Å². The number of hydrogen-bond acceptors (Lipinski definition) is 11. The number of carbonyl (C=O) groups excluding carboxylic acids is 5. The average molecular weight is 817 g/mol. The zero-order chi connectivity index (χ0) is 43.1. The molecule has 0 unspecified atom stereocenters. The molecule has 14 atom stereocenters. The predicted octanol–water partition coefficient (Wildman–Crippen LogP) is 5.02. The summed E-state index contributed by atoms with van der Waals surface area (Å²) >= 11 is 0. The monoisotopic (exact) mass is 816 g/mol. The van der Waals surface area contributed by atoms with Crippen molar-refractivity contribution in [3.05, 3.63) is 59.8 Å². The fourth-order valence-corrected chi connectivity index (χ4v) is 14.6. The fourth-order valence-electron chi connectivity index (χ4n) is 14.6. The van der Waals surface area contributed by atoms with Gasteiger partial charge in [0.2, 0.25) is 5.78 Å². The highest BCUT2D eigenvalue weighted by Crippen LogP contribution is 2.69. The standard InChI is InChI=1S/C26H36O6.C22H28O5/c1-4-5-6-22(31)32-26(21(30)15-27)12-10-19-18-8-7-16-13-17(28)9-11-24(16,2)23(18)20(29)14-25(19,26)3;1-12-8-16-15-5-4-13-9-14(24)6-7-20(13,2)19(15)17(25)10-21(16,3)22(12,27)18(26)11-23/h9,11,13,18-20,23,27,29H,4-8,10,12,14-15H2,1-3H3;6-7,9,15-17,19,23,25,27H,1,4-5,8,10-11H2,2-3H3/t18-,19-,20-,23+,24-,25-,26-;15-,16-,17-,19+,20-,21-,22-/m00/s1. The topological polar surface area (TPSA) is 196 Å². The van der Waals surface area contributed by atoms with Gasteiger partial charge in [0.25, 0.3) is 0 Å². The molecule has 11 nitrogen and oxygen atoms in total. The number of ketones is 4. The zero-order valence-electron chi connectivity index (χ0n) is 35.4. The van der Waals surface area contributed by atoms with Crippen molar-refractivity contribution in [2.75, 3.05) is 13.2 Å². The molecular formula is C48H64O11. The summed E-state index contributed by atoms with van der Waals surface area (Å²) in [6.07, 6.45) is 16.3. The van der Waals surface area contributed by atoms with E-state index in [1.54, 1.807) is 24.3 Å². The lowest BCUT2D eigenvalue weighted by Gasteiger charge is -2.59. The minimum atomic E-state index is -1.80.